The monoisotopic (exact) mass is 404 g/mol. The van der Waals surface area contributed by atoms with Crippen molar-refractivity contribution in [3.05, 3.63) is 69.8 Å². The number of benzene rings is 2. The largest absolute Gasteiger partial charge is 0.458 e. The van der Waals surface area contributed by atoms with Crippen LogP contribution in [0.1, 0.15) is 59.3 Å². The summed E-state index contributed by atoms with van der Waals surface area (Å²) in [7, 11) is 0. The van der Waals surface area contributed by atoms with Crippen LogP contribution in [0.25, 0.3) is 0 Å². The summed E-state index contributed by atoms with van der Waals surface area (Å²) < 4.78 is 33.4. The molecular weight excluding hydrogens is 378 g/mol. The zero-order chi connectivity index (χ0) is 20.8. The highest BCUT2D eigenvalue weighted by atomic mass is 19.2. The molecule has 1 atom stereocenters. The molecule has 0 N–H and O–H groups in total. The van der Waals surface area contributed by atoms with Crippen molar-refractivity contribution in [1.82, 2.24) is 0 Å². The summed E-state index contributed by atoms with van der Waals surface area (Å²) in [4.78, 5) is 22.4. The first kappa shape index (κ1) is 21.4. The van der Waals surface area contributed by atoms with E-state index in [9.17, 15) is 13.6 Å². The van der Waals surface area contributed by atoms with E-state index >= 15 is 0 Å². The van der Waals surface area contributed by atoms with Crippen LogP contribution >= 0.6 is 0 Å². The van der Waals surface area contributed by atoms with Crippen molar-refractivity contribution in [2.24, 2.45) is 0 Å². The third-order valence-corrected chi connectivity index (χ3v) is 5.10. The van der Waals surface area contributed by atoms with Gasteiger partial charge in [-0.15, -0.1) is 0 Å². The van der Waals surface area contributed by atoms with Crippen LogP contribution in [0.2, 0.25) is 0 Å². The molecule has 0 spiro atoms. The molecule has 0 radical (unpaired) electrons. The van der Waals surface area contributed by atoms with Crippen LogP contribution in [0, 0.1) is 11.6 Å². The minimum absolute atomic E-state index is 0.0679. The van der Waals surface area contributed by atoms with E-state index in [1.165, 1.54) is 0 Å². The van der Waals surface area contributed by atoms with Gasteiger partial charge in [0.05, 0.1) is 12.2 Å². The van der Waals surface area contributed by atoms with Crippen molar-refractivity contribution in [3.63, 3.8) is 0 Å². The Hall–Kier alpha value is -2.31. The van der Waals surface area contributed by atoms with Gasteiger partial charge in [-0.05, 0) is 41.2 Å². The Kier molecular flexibility index (Phi) is 7.34. The first-order valence-electron chi connectivity index (χ1n) is 10.1. The number of rotatable bonds is 9. The lowest BCUT2D eigenvalue weighted by Crippen LogP contribution is -2.27. The Morgan fingerprint density at radius 1 is 1.03 bits per heavy atom. The summed E-state index contributed by atoms with van der Waals surface area (Å²) in [6.45, 7) is 4.14. The molecule has 0 fully saturated rings. The van der Waals surface area contributed by atoms with Gasteiger partial charge in [-0.25, -0.2) is 23.4 Å². The van der Waals surface area contributed by atoms with Crippen LogP contribution < -0.4 is 0 Å². The van der Waals surface area contributed by atoms with Gasteiger partial charge >= 0.3 is 5.97 Å². The highest BCUT2D eigenvalue weighted by Gasteiger charge is 2.25. The number of ether oxygens (including phenoxy) is 1. The summed E-state index contributed by atoms with van der Waals surface area (Å²) in [6, 6.07) is 8.75. The molecule has 1 aliphatic heterocycles. The molecule has 0 aliphatic carbocycles. The molecule has 3 rings (SSSR count). The Labute approximate surface area is 169 Å². The van der Waals surface area contributed by atoms with Crippen LogP contribution in [0.5, 0.6) is 0 Å². The second-order valence-electron chi connectivity index (χ2n) is 7.23. The fourth-order valence-corrected chi connectivity index (χ4v) is 3.42. The minimum atomic E-state index is -0.821. The fourth-order valence-electron chi connectivity index (χ4n) is 3.42. The van der Waals surface area contributed by atoms with E-state index in [4.69, 9.17) is 14.5 Å². The Bertz CT molecular complexity index is 866. The Balaban J connectivity index is 1.49. The van der Waals surface area contributed by atoms with E-state index in [1.807, 2.05) is 26.0 Å². The van der Waals surface area contributed by atoms with Crippen molar-refractivity contribution >= 4 is 5.97 Å². The van der Waals surface area contributed by atoms with E-state index in [-0.39, 0.29) is 37.3 Å². The number of aryl methyl sites for hydroxylation is 1. The van der Waals surface area contributed by atoms with Gasteiger partial charge in [-0.3, -0.25) is 0 Å². The second kappa shape index (κ2) is 9.94. The number of carbonyl (C=O) groups excluding carboxylic acids is 1. The van der Waals surface area contributed by atoms with Crippen molar-refractivity contribution in [2.75, 3.05) is 6.61 Å². The summed E-state index contributed by atoms with van der Waals surface area (Å²) in [6.07, 6.45) is 2.90. The topological polar surface area (TPSA) is 44.8 Å². The standard InChI is InChI=1S/C23H26F2O4/c1-3-5-16-8-9-17(22(25)21(16)24)10-11-27-28-14-15-6-7-18-13-19(4-2)29-23(26)20(18)12-15/h6-9,12,19H,3-5,10-11,13-14H2,1-2H3. The molecule has 0 amide bonds. The number of cyclic esters (lactones) is 1. The smallest absolute Gasteiger partial charge is 0.338 e. The maximum Gasteiger partial charge on any atom is 0.338 e. The van der Waals surface area contributed by atoms with E-state index < -0.39 is 11.6 Å². The van der Waals surface area contributed by atoms with E-state index in [1.54, 1.807) is 18.2 Å². The predicted molar refractivity (Wildman–Crippen MR) is 104 cm³/mol. The van der Waals surface area contributed by atoms with Crippen molar-refractivity contribution in [3.8, 4) is 0 Å². The number of hydrogen-bond acceptors (Lipinski definition) is 4. The average molecular weight is 404 g/mol. The van der Waals surface area contributed by atoms with Gasteiger partial charge in [0.15, 0.2) is 11.6 Å². The second-order valence-corrected chi connectivity index (χ2v) is 7.23. The molecule has 4 nitrogen and oxygen atoms in total. The van der Waals surface area contributed by atoms with Crippen LogP contribution in [0.3, 0.4) is 0 Å². The summed E-state index contributed by atoms with van der Waals surface area (Å²) in [5.74, 6) is -1.92. The van der Waals surface area contributed by atoms with Gasteiger partial charge < -0.3 is 4.74 Å². The first-order chi connectivity index (χ1) is 14.0. The lowest BCUT2D eigenvalue weighted by Gasteiger charge is -2.24. The normalized spacial score (nSPS) is 15.9. The molecule has 2 aromatic carbocycles. The highest BCUT2D eigenvalue weighted by molar-refractivity contribution is 5.92. The summed E-state index contributed by atoms with van der Waals surface area (Å²) in [5.41, 5.74) is 2.95. The van der Waals surface area contributed by atoms with E-state index in [2.05, 4.69) is 0 Å². The number of halogens is 2. The van der Waals surface area contributed by atoms with Gasteiger partial charge in [0.2, 0.25) is 0 Å². The van der Waals surface area contributed by atoms with Gasteiger partial charge in [0.1, 0.15) is 12.7 Å². The fraction of sp³-hybridized carbons (Fsp3) is 0.435. The predicted octanol–water partition coefficient (Wildman–Crippen LogP) is 5.10. The molecule has 0 bridgehead atoms. The molecule has 0 saturated heterocycles. The molecule has 6 heteroatoms. The lowest BCUT2D eigenvalue weighted by molar-refractivity contribution is -0.303. The molecule has 0 saturated carbocycles. The van der Waals surface area contributed by atoms with Crippen molar-refractivity contribution in [2.45, 2.75) is 58.7 Å². The first-order valence-corrected chi connectivity index (χ1v) is 10.1. The molecular formula is C23H26F2O4. The van der Waals surface area contributed by atoms with E-state index in [0.717, 1.165) is 24.0 Å². The van der Waals surface area contributed by atoms with Crippen LogP contribution in [-0.2, 0) is 40.4 Å². The molecule has 156 valence electrons. The quantitative estimate of drug-likeness (QED) is 0.252. The van der Waals surface area contributed by atoms with Gasteiger partial charge in [-0.1, -0.05) is 44.5 Å². The maximum atomic E-state index is 14.1. The van der Waals surface area contributed by atoms with Gasteiger partial charge in [0.25, 0.3) is 0 Å². The van der Waals surface area contributed by atoms with Gasteiger partial charge in [0, 0.05) is 12.8 Å². The minimum Gasteiger partial charge on any atom is -0.458 e. The Morgan fingerprint density at radius 2 is 1.76 bits per heavy atom. The van der Waals surface area contributed by atoms with Crippen molar-refractivity contribution < 1.29 is 28.1 Å². The molecule has 1 unspecified atom stereocenters. The van der Waals surface area contributed by atoms with E-state index in [0.29, 0.717) is 24.0 Å². The van der Waals surface area contributed by atoms with Crippen molar-refractivity contribution in [1.29, 1.82) is 0 Å². The third-order valence-electron chi connectivity index (χ3n) is 5.10. The molecule has 1 aliphatic rings. The SMILES string of the molecule is CCCc1ccc(CCOOCc2ccc3c(c2)C(=O)OC(CC)C3)c(F)c1F. The molecule has 29 heavy (non-hydrogen) atoms. The third kappa shape index (κ3) is 5.19. The number of carbonyl (C=O) groups is 1. The van der Waals surface area contributed by atoms with Gasteiger partial charge in [-0.2, -0.15) is 0 Å². The van der Waals surface area contributed by atoms with Crippen LogP contribution in [0.4, 0.5) is 8.78 Å². The van der Waals surface area contributed by atoms with Crippen LogP contribution in [0.15, 0.2) is 30.3 Å². The lowest BCUT2D eigenvalue weighted by atomic mass is 9.96. The highest BCUT2D eigenvalue weighted by Crippen LogP contribution is 2.24. The summed E-state index contributed by atoms with van der Waals surface area (Å²) >= 11 is 0. The zero-order valence-corrected chi connectivity index (χ0v) is 16.8. The number of hydrogen-bond donors (Lipinski definition) is 0. The molecule has 0 aromatic heterocycles. The number of fused-ring (bicyclic) bond motifs is 1. The average Bonchev–Trinajstić information content (AvgIpc) is 2.73. The number of esters is 1. The van der Waals surface area contributed by atoms with Crippen LogP contribution in [-0.4, -0.2) is 18.7 Å². The summed E-state index contributed by atoms with van der Waals surface area (Å²) in [5, 5.41) is 0. The molecule has 2 aromatic rings. The maximum absolute atomic E-state index is 14.1. The zero-order valence-electron chi connectivity index (χ0n) is 16.8. The Morgan fingerprint density at radius 3 is 2.45 bits per heavy atom. The molecule has 1 heterocycles.